The van der Waals surface area contributed by atoms with Crippen LogP contribution in [-0.2, 0) is 0 Å². The summed E-state index contributed by atoms with van der Waals surface area (Å²) in [4.78, 5) is 14.7. The van der Waals surface area contributed by atoms with Gasteiger partial charge < -0.3 is 16.0 Å². The van der Waals surface area contributed by atoms with Crippen LogP contribution < -0.4 is 16.0 Å². The maximum atomic E-state index is 5.82. The first-order valence-electron chi connectivity index (χ1n) is 6.61. The zero-order valence-electron chi connectivity index (χ0n) is 11.7. The Morgan fingerprint density at radius 2 is 2.14 bits per heavy atom. The number of anilines is 4. The number of allylic oxidation sites excluding steroid dienone is 1. The molecule has 3 rings (SSSR count). The van der Waals surface area contributed by atoms with E-state index in [-0.39, 0.29) is 0 Å². The minimum Gasteiger partial charge on any atom is -0.399 e. The number of hydrogen-bond acceptors (Lipinski definition) is 6. The van der Waals surface area contributed by atoms with Gasteiger partial charge in [0.2, 0.25) is 0 Å². The molecule has 1 aliphatic heterocycles. The van der Waals surface area contributed by atoms with Gasteiger partial charge in [-0.05, 0) is 30.7 Å². The topological polar surface area (TPSA) is 79.4 Å². The highest BCUT2D eigenvalue weighted by atomic mass is 15.2. The summed E-state index contributed by atoms with van der Waals surface area (Å²) in [5.74, 6) is 1.51. The lowest BCUT2D eigenvalue weighted by Gasteiger charge is -2.19. The monoisotopic (exact) mass is 280 g/mol. The SMILES string of the molecule is Cc1ccc(N)cc1Nc1cc(N2C=CC=NC2)ncn1. The summed E-state index contributed by atoms with van der Waals surface area (Å²) >= 11 is 0. The van der Waals surface area contributed by atoms with Crippen LogP contribution in [-0.4, -0.2) is 22.9 Å². The number of nitrogens with two attached hydrogens (primary N) is 1. The number of aryl methyl sites for hydroxylation is 1. The summed E-state index contributed by atoms with van der Waals surface area (Å²) in [6, 6.07) is 7.63. The molecule has 1 aromatic carbocycles. The van der Waals surface area contributed by atoms with Crippen molar-refractivity contribution in [3.8, 4) is 0 Å². The maximum absolute atomic E-state index is 5.82. The molecule has 3 N–H and O–H groups in total. The van der Waals surface area contributed by atoms with E-state index in [9.17, 15) is 0 Å². The molecule has 6 heteroatoms. The van der Waals surface area contributed by atoms with Crippen molar-refractivity contribution >= 4 is 29.2 Å². The van der Waals surface area contributed by atoms with E-state index in [2.05, 4.69) is 20.3 Å². The fourth-order valence-corrected chi connectivity index (χ4v) is 2.02. The zero-order chi connectivity index (χ0) is 14.7. The lowest BCUT2D eigenvalue weighted by Crippen LogP contribution is -2.19. The summed E-state index contributed by atoms with van der Waals surface area (Å²) in [7, 11) is 0. The van der Waals surface area contributed by atoms with E-state index < -0.39 is 0 Å². The normalized spacial score (nSPS) is 13.5. The molecule has 6 nitrogen and oxygen atoms in total. The molecule has 0 saturated heterocycles. The van der Waals surface area contributed by atoms with E-state index in [1.807, 2.05) is 48.4 Å². The van der Waals surface area contributed by atoms with Gasteiger partial charge in [0, 0.05) is 29.9 Å². The molecule has 0 aliphatic carbocycles. The summed E-state index contributed by atoms with van der Waals surface area (Å²) < 4.78 is 0. The molecule has 2 heterocycles. The molecule has 106 valence electrons. The van der Waals surface area contributed by atoms with Gasteiger partial charge in [-0.1, -0.05) is 6.07 Å². The van der Waals surface area contributed by atoms with Crippen molar-refractivity contribution in [2.45, 2.75) is 6.92 Å². The van der Waals surface area contributed by atoms with Crippen LogP contribution in [0, 0.1) is 6.92 Å². The smallest absolute Gasteiger partial charge is 0.139 e. The van der Waals surface area contributed by atoms with Gasteiger partial charge >= 0.3 is 0 Å². The number of aromatic nitrogens is 2. The van der Waals surface area contributed by atoms with E-state index in [1.54, 1.807) is 6.21 Å². The Morgan fingerprint density at radius 3 is 2.95 bits per heavy atom. The highest BCUT2D eigenvalue weighted by molar-refractivity contribution is 5.74. The third-order valence-corrected chi connectivity index (χ3v) is 3.16. The van der Waals surface area contributed by atoms with Crippen LogP contribution in [0.1, 0.15) is 5.56 Å². The summed E-state index contributed by atoms with van der Waals surface area (Å²) in [5.41, 5.74) is 8.58. The molecular formula is C15H16N6. The molecule has 0 unspecified atom stereocenters. The fraction of sp³-hybridized carbons (Fsp3) is 0.133. The average Bonchev–Trinajstić information content (AvgIpc) is 2.52. The van der Waals surface area contributed by atoms with Gasteiger partial charge in [0.1, 0.15) is 24.6 Å². The second kappa shape index (κ2) is 5.62. The van der Waals surface area contributed by atoms with Crippen LogP contribution in [0.4, 0.5) is 23.0 Å². The first kappa shape index (κ1) is 13.1. The molecular weight excluding hydrogens is 264 g/mol. The predicted octanol–water partition coefficient (Wildman–Crippen LogP) is 2.47. The number of hydrogen-bond donors (Lipinski definition) is 2. The Kier molecular flexibility index (Phi) is 3.51. The number of benzene rings is 1. The minimum atomic E-state index is 0.560. The summed E-state index contributed by atoms with van der Waals surface area (Å²) in [6.07, 6.45) is 7.12. The van der Waals surface area contributed by atoms with Gasteiger partial charge in [0.25, 0.3) is 0 Å². The number of aliphatic imine (C=N–C) groups is 1. The highest BCUT2D eigenvalue weighted by Crippen LogP contribution is 2.23. The van der Waals surface area contributed by atoms with Crippen LogP contribution in [0.2, 0.25) is 0 Å². The van der Waals surface area contributed by atoms with E-state index >= 15 is 0 Å². The average molecular weight is 280 g/mol. The molecule has 0 radical (unpaired) electrons. The zero-order valence-corrected chi connectivity index (χ0v) is 11.7. The van der Waals surface area contributed by atoms with Crippen LogP contribution in [0.15, 0.2) is 47.9 Å². The van der Waals surface area contributed by atoms with Gasteiger partial charge in [-0.2, -0.15) is 0 Å². The highest BCUT2D eigenvalue weighted by Gasteiger charge is 2.08. The Hall–Kier alpha value is -2.89. The van der Waals surface area contributed by atoms with Crippen molar-refractivity contribution in [3.63, 3.8) is 0 Å². The van der Waals surface area contributed by atoms with Crippen LogP contribution in [0.25, 0.3) is 0 Å². The summed E-state index contributed by atoms with van der Waals surface area (Å²) in [5, 5.41) is 3.27. The van der Waals surface area contributed by atoms with Crippen LogP contribution >= 0.6 is 0 Å². The third-order valence-electron chi connectivity index (χ3n) is 3.16. The first-order valence-corrected chi connectivity index (χ1v) is 6.61. The third kappa shape index (κ3) is 3.00. The van der Waals surface area contributed by atoms with Gasteiger partial charge in [-0.25, -0.2) is 9.97 Å². The van der Waals surface area contributed by atoms with Crippen molar-refractivity contribution in [2.24, 2.45) is 4.99 Å². The molecule has 0 amide bonds. The Labute approximate surface area is 123 Å². The first-order chi connectivity index (χ1) is 10.2. The summed E-state index contributed by atoms with van der Waals surface area (Å²) in [6.45, 7) is 2.58. The van der Waals surface area contributed by atoms with Crippen molar-refractivity contribution in [3.05, 3.63) is 48.4 Å². The number of rotatable bonds is 3. The molecule has 0 fully saturated rings. The Balaban J connectivity index is 1.84. The molecule has 0 bridgehead atoms. The fourth-order valence-electron chi connectivity index (χ4n) is 2.02. The van der Waals surface area contributed by atoms with Crippen molar-refractivity contribution in [2.75, 3.05) is 22.6 Å². The van der Waals surface area contributed by atoms with E-state index in [1.165, 1.54) is 6.33 Å². The largest absolute Gasteiger partial charge is 0.399 e. The van der Waals surface area contributed by atoms with Gasteiger partial charge in [-0.3, -0.25) is 4.99 Å². The Bertz CT molecular complexity index is 707. The molecule has 21 heavy (non-hydrogen) atoms. The van der Waals surface area contributed by atoms with Crippen molar-refractivity contribution in [1.29, 1.82) is 0 Å². The van der Waals surface area contributed by atoms with Gasteiger partial charge in [0.15, 0.2) is 0 Å². The quantitative estimate of drug-likeness (QED) is 0.844. The molecule has 0 atom stereocenters. The molecule has 0 saturated carbocycles. The van der Waals surface area contributed by atoms with Crippen LogP contribution in [0.3, 0.4) is 0 Å². The number of nitrogens with zero attached hydrogens (tertiary/aromatic N) is 4. The van der Waals surface area contributed by atoms with E-state index in [0.717, 1.165) is 22.9 Å². The predicted molar refractivity (Wildman–Crippen MR) is 85.9 cm³/mol. The molecule has 0 spiro atoms. The standard InChI is InChI=1S/C15H16N6/c1-11-3-4-12(16)7-13(11)20-14-8-15(19-9-18-14)21-6-2-5-17-10-21/h2-9H,10,16H2,1H3,(H,18,19,20). The molecule has 1 aliphatic rings. The lowest BCUT2D eigenvalue weighted by molar-refractivity contribution is 0.936. The molecule has 1 aromatic heterocycles. The molecule has 2 aromatic rings. The van der Waals surface area contributed by atoms with Gasteiger partial charge in [0.05, 0.1) is 0 Å². The Morgan fingerprint density at radius 1 is 1.24 bits per heavy atom. The van der Waals surface area contributed by atoms with Crippen molar-refractivity contribution < 1.29 is 0 Å². The number of nitrogen functional groups attached to an aromatic ring is 1. The maximum Gasteiger partial charge on any atom is 0.139 e. The van der Waals surface area contributed by atoms with Crippen LogP contribution in [0.5, 0.6) is 0 Å². The van der Waals surface area contributed by atoms with Crippen molar-refractivity contribution in [1.82, 2.24) is 9.97 Å². The second-order valence-corrected chi connectivity index (χ2v) is 4.75. The van der Waals surface area contributed by atoms with Gasteiger partial charge in [-0.15, -0.1) is 0 Å². The lowest BCUT2D eigenvalue weighted by atomic mass is 10.2. The van der Waals surface area contributed by atoms with E-state index in [0.29, 0.717) is 12.4 Å². The second-order valence-electron chi connectivity index (χ2n) is 4.75. The number of nitrogens with one attached hydrogen (secondary N) is 1. The minimum absolute atomic E-state index is 0.560. The van der Waals surface area contributed by atoms with E-state index in [4.69, 9.17) is 5.73 Å².